The summed E-state index contributed by atoms with van der Waals surface area (Å²) in [5, 5.41) is 7.54. The van der Waals surface area contributed by atoms with Gasteiger partial charge < -0.3 is 14.2 Å². The number of rotatable bonds is 4. The average Bonchev–Trinajstić information content (AvgIpc) is 2.85. The Morgan fingerprint density at radius 2 is 2.26 bits per heavy atom. The van der Waals surface area contributed by atoms with E-state index in [1.807, 2.05) is 6.92 Å². The summed E-state index contributed by atoms with van der Waals surface area (Å²) < 4.78 is 5.22. The van der Waals surface area contributed by atoms with Gasteiger partial charge >= 0.3 is 0 Å². The lowest BCUT2D eigenvalue weighted by molar-refractivity contribution is -0.138. The topological polar surface area (TPSA) is 79.5 Å². The minimum Gasteiger partial charge on any atom is -0.424 e. The van der Waals surface area contributed by atoms with Crippen molar-refractivity contribution < 1.29 is 14.0 Å². The first-order valence-electron chi connectivity index (χ1n) is 6.26. The van der Waals surface area contributed by atoms with E-state index in [-0.39, 0.29) is 24.9 Å². The highest BCUT2D eigenvalue weighted by Crippen LogP contribution is 2.16. The van der Waals surface area contributed by atoms with Crippen LogP contribution in [-0.4, -0.2) is 51.9 Å². The molecule has 1 aliphatic rings. The van der Waals surface area contributed by atoms with Crippen LogP contribution in [0.2, 0.25) is 0 Å². The smallest absolute Gasteiger partial charge is 0.242 e. The fourth-order valence-electron chi connectivity index (χ4n) is 2.10. The molecule has 0 radical (unpaired) electrons. The van der Waals surface area contributed by atoms with Crippen molar-refractivity contribution in [1.82, 2.24) is 20.0 Å². The number of nitrogens with zero attached hydrogens (tertiary/aromatic N) is 4. The molecule has 2 amide bonds. The Labute approximate surface area is 111 Å². The summed E-state index contributed by atoms with van der Waals surface area (Å²) >= 11 is 0. The molecule has 1 aliphatic heterocycles. The number of carbonyl (C=O) groups is 2. The third-order valence-corrected chi connectivity index (χ3v) is 3.10. The number of carbonyl (C=O) groups excluding carboxylic acids is 2. The zero-order chi connectivity index (χ0) is 14.0. The van der Waals surface area contributed by atoms with Gasteiger partial charge in [0, 0.05) is 26.9 Å². The number of likely N-dealkylation sites (tertiary alicyclic amines) is 1. The van der Waals surface area contributed by atoms with Crippen LogP contribution in [0.25, 0.3) is 0 Å². The molecule has 0 spiro atoms. The van der Waals surface area contributed by atoms with Gasteiger partial charge in [-0.05, 0) is 5.92 Å². The summed E-state index contributed by atoms with van der Waals surface area (Å²) in [6, 6.07) is 0. The molecule has 1 aromatic rings. The molecule has 1 saturated heterocycles. The second-order valence-electron chi connectivity index (χ2n) is 5.05. The Hall–Kier alpha value is -1.92. The Kier molecular flexibility index (Phi) is 3.82. The van der Waals surface area contributed by atoms with Crippen molar-refractivity contribution in [3.05, 3.63) is 11.8 Å². The number of likely N-dealkylation sites (N-methyl/N-ethyl adjacent to an activating group) is 1. The average molecular weight is 266 g/mol. The van der Waals surface area contributed by atoms with Crippen LogP contribution in [0.5, 0.6) is 0 Å². The minimum absolute atomic E-state index is 0.0443. The molecule has 7 heteroatoms. The van der Waals surface area contributed by atoms with Gasteiger partial charge in [-0.1, -0.05) is 6.92 Å². The summed E-state index contributed by atoms with van der Waals surface area (Å²) in [6.07, 6.45) is 0.528. The lowest BCUT2D eigenvalue weighted by Gasteiger charge is -2.20. The van der Waals surface area contributed by atoms with Crippen LogP contribution in [0.3, 0.4) is 0 Å². The van der Waals surface area contributed by atoms with E-state index in [4.69, 9.17) is 4.42 Å². The molecule has 0 aliphatic carbocycles. The number of aryl methyl sites for hydroxylation is 1. The second-order valence-corrected chi connectivity index (χ2v) is 5.05. The second kappa shape index (κ2) is 5.38. The molecule has 7 nitrogen and oxygen atoms in total. The lowest BCUT2D eigenvalue weighted by Crippen LogP contribution is -2.38. The monoisotopic (exact) mass is 266 g/mol. The van der Waals surface area contributed by atoms with Crippen LogP contribution in [0.1, 0.15) is 25.1 Å². The minimum atomic E-state index is -0.127. The number of amides is 2. The summed E-state index contributed by atoms with van der Waals surface area (Å²) in [6.45, 7) is 4.73. The third kappa shape index (κ3) is 3.30. The molecule has 19 heavy (non-hydrogen) atoms. The Balaban J connectivity index is 1.87. The number of aromatic nitrogens is 2. The molecule has 0 N–H and O–H groups in total. The van der Waals surface area contributed by atoms with Crippen molar-refractivity contribution in [2.24, 2.45) is 5.92 Å². The number of hydrogen-bond acceptors (Lipinski definition) is 5. The van der Waals surface area contributed by atoms with Crippen molar-refractivity contribution in [3.63, 3.8) is 0 Å². The molecule has 0 unspecified atom stereocenters. The van der Waals surface area contributed by atoms with E-state index in [0.29, 0.717) is 30.7 Å². The van der Waals surface area contributed by atoms with E-state index >= 15 is 0 Å². The van der Waals surface area contributed by atoms with Gasteiger partial charge in [0.2, 0.25) is 23.6 Å². The van der Waals surface area contributed by atoms with Crippen molar-refractivity contribution in [2.75, 3.05) is 20.1 Å². The third-order valence-electron chi connectivity index (χ3n) is 3.10. The molecule has 0 saturated carbocycles. The first-order chi connectivity index (χ1) is 8.95. The van der Waals surface area contributed by atoms with E-state index in [1.54, 1.807) is 18.9 Å². The maximum atomic E-state index is 12.0. The van der Waals surface area contributed by atoms with Crippen LogP contribution >= 0.6 is 0 Å². The van der Waals surface area contributed by atoms with Crippen molar-refractivity contribution in [1.29, 1.82) is 0 Å². The van der Waals surface area contributed by atoms with Gasteiger partial charge in [-0.15, -0.1) is 10.2 Å². The molecule has 2 rings (SSSR count). The van der Waals surface area contributed by atoms with Gasteiger partial charge in [0.1, 0.15) is 0 Å². The van der Waals surface area contributed by atoms with Crippen molar-refractivity contribution in [2.45, 2.75) is 26.8 Å². The first-order valence-corrected chi connectivity index (χ1v) is 6.26. The van der Waals surface area contributed by atoms with E-state index in [9.17, 15) is 9.59 Å². The maximum Gasteiger partial charge on any atom is 0.242 e. The molecule has 104 valence electrons. The lowest BCUT2D eigenvalue weighted by atomic mass is 10.2. The van der Waals surface area contributed by atoms with Gasteiger partial charge in [0.25, 0.3) is 0 Å². The Morgan fingerprint density at radius 3 is 2.79 bits per heavy atom. The number of hydrogen-bond donors (Lipinski definition) is 0. The van der Waals surface area contributed by atoms with E-state index in [2.05, 4.69) is 10.2 Å². The quantitative estimate of drug-likeness (QED) is 0.778. The molecule has 1 atom stereocenters. The Morgan fingerprint density at radius 1 is 1.53 bits per heavy atom. The van der Waals surface area contributed by atoms with Gasteiger partial charge in [0.15, 0.2) is 0 Å². The van der Waals surface area contributed by atoms with Gasteiger partial charge in [-0.2, -0.15) is 0 Å². The largest absolute Gasteiger partial charge is 0.424 e. The highest BCUT2D eigenvalue weighted by molar-refractivity contribution is 5.85. The van der Waals surface area contributed by atoms with Crippen LogP contribution in [0.15, 0.2) is 4.42 Å². The summed E-state index contributed by atoms with van der Waals surface area (Å²) in [5.74, 6) is 1.11. The van der Waals surface area contributed by atoms with Crippen molar-refractivity contribution >= 4 is 11.8 Å². The van der Waals surface area contributed by atoms with Crippen LogP contribution in [-0.2, 0) is 16.1 Å². The standard InChI is InChI=1S/C12H18N4O3/c1-8-4-11(17)16(5-8)7-12(18)15(3)6-10-14-13-9(2)19-10/h8H,4-7H2,1-3H3/t8-/m1/s1. The Bertz CT molecular complexity index is 485. The molecule has 0 aromatic carbocycles. The van der Waals surface area contributed by atoms with E-state index in [1.165, 1.54) is 4.90 Å². The first kappa shape index (κ1) is 13.5. The summed E-state index contributed by atoms with van der Waals surface area (Å²) in [4.78, 5) is 26.7. The summed E-state index contributed by atoms with van der Waals surface area (Å²) in [5.41, 5.74) is 0. The molecule has 1 aromatic heterocycles. The van der Waals surface area contributed by atoms with Crippen LogP contribution in [0.4, 0.5) is 0 Å². The zero-order valence-electron chi connectivity index (χ0n) is 11.4. The zero-order valence-corrected chi connectivity index (χ0v) is 11.4. The van der Waals surface area contributed by atoms with Crippen LogP contribution < -0.4 is 0 Å². The van der Waals surface area contributed by atoms with E-state index in [0.717, 1.165) is 0 Å². The van der Waals surface area contributed by atoms with E-state index < -0.39 is 0 Å². The van der Waals surface area contributed by atoms with Gasteiger partial charge in [-0.3, -0.25) is 9.59 Å². The predicted octanol–water partition coefficient (Wildman–Crippen LogP) is 0.205. The molecule has 1 fully saturated rings. The highest BCUT2D eigenvalue weighted by atomic mass is 16.4. The van der Waals surface area contributed by atoms with Crippen LogP contribution in [0, 0.1) is 12.8 Å². The fraction of sp³-hybridized carbons (Fsp3) is 0.667. The molecule has 0 bridgehead atoms. The normalized spacial score (nSPS) is 19.0. The van der Waals surface area contributed by atoms with Crippen molar-refractivity contribution in [3.8, 4) is 0 Å². The fourth-order valence-corrected chi connectivity index (χ4v) is 2.10. The van der Waals surface area contributed by atoms with Gasteiger partial charge in [-0.25, -0.2) is 0 Å². The maximum absolute atomic E-state index is 12.0. The molecular formula is C12H18N4O3. The highest BCUT2D eigenvalue weighted by Gasteiger charge is 2.28. The predicted molar refractivity (Wildman–Crippen MR) is 65.9 cm³/mol. The molecule has 2 heterocycles. The summed E-state index contributed by atoms with van der Waals surface area (Å²) in [7, 11) is 1.66. The van der Waals surface area contributed by atoms with Gasteiger partial charge in [0.05, 0.1) is 13.1 Å². The molecular weight excluding hydrogens is 248 g/mol. The SMILES string of the molecule is Cc1nnc(CN(C)C(=O)CN2C[C@H](C)CC2=O)o1.